The van der Waals surface area contributed by atoms with Gasteiger partial charge < -0.3 is 14.9 Å². The molecule has 0 saturated heterocycles. The second-order valence-corrected chi connectivity index (χ2v) is 6.27. The molecule has 112 valence electrons. The number of carboxylic acids is 1. The summed E-state index contributed by atoms with van der Waals surface area (Å²) in [6, 6.07) is 0.424. The Labute approximate surface area is 117 Å². The summed E-state index contributed by atoms with van der Waals surface area (Å²) >= 11 is 0. The summed E-state index contributed by atoms with van der Waals surface area (Å²) in [4.78, 5) is 15.8. The van der Waals surface area contributed by atoms with E-state index in [0.717, 1.165) is 38.9 Å². The van der Waals surface area contributed by atoms with E-state index in [2.05, 4.69) is 36.3 Å². The molecule has 0 heterocycles. The molecule has 0 aliphatic heterocycles. The molecule has 0 radical (unpaired) electrons. The molecule has 1 atom stereocenters. The fourth-order valence-corrected chi connectivity index (χ4v) is 2.10. The lowest BCUT2D eigenvalue weighted by Gasteiger charge is -2.27. The van der Waals surface area contributed by atoms with E-state index < -0.39 is 11.5 Å². The third-order valence-electron chi connectivity index (χ3n) is 3.72. The number of hydrogen-bond acceptors (Lipinski definition) is 4. The van der Waals surface area contributed by atoms with Crippen LogP contribution in [-0.2, 0) is 4.79 Å². The van der Waals surface area contributed by atoms with Crippen molar-refractivity contribution < 1.29 is 9.90 Å². The SMILES string of the molecule is CN(C)CCN(C)CCCC(C)(NC1CC1)C(=O)O. The molecular formula is C14H29N3O2. The molecule has 0 aromatic rings. The minimum Gasteiger partial charge on any atom is -0.480 e. The van der Waals surface area contributed by atoms with Gasteiger partial charge in [0.2, 0.25) is 0 Å². The topological polar surface area (TPSA) is 55.8 Å². The van der Waals surface area contributed by atoms with Gasteiger partial charge in [0.05, 0.1) is 0 Å². The Morgan fingerprint density at radius 3 is 2.37 bits per heavy atom. The molecule has 0 bridgehead atoms. The predicted molar refractivity (Wildman–Crippen MR) is 77.5 cm³/mol. The van der Waals surface area contributed by atoms with Crippen molar-refractivity contribution in [3.63, 3.8) is 0 Å². The van der Waals surface area contributed by atoms with Gasteiger partial charge in [0, 0.05) is 19.1 Å². The minimum absolute atomic E-state index is 0.424. The second-order valence-electron chi connectivity index (χ2n) is 6.27. The quantitative estimate of drug-likeness (QED) is 0.617. The Bertz CT molecular complexity index is 292. The molecule has 0 aromatic carbocycles. The Morgan fingerprint density at radius 2 is 1.89 bits per heavy atom. The van der Waals surface area contributed by atoms with E-state index in [-0.39, 0.29) is 0 Å². The minimum atomic E-state index is -0.760. The zero-order valence-electron chi connectivity index (χ0n) is 12.8. The van der Waals surface area contributed by atoms with Crippen LogP contribution in [0.25, 0.3) is 0 Å². The van der Waals surface area contributed by atoms with Crippen molar-refractivity contribution in [3.8, 4) is 0 Å². The summed E-state index contributed by atoms with van der Waals surface area (Å²) in [5, 5.41) is 12.6. The first-order valence-electron chi connectivity index (χ1n) is 7.18. The number of rotatable bonds is 10. The molecule has 1 aliphatic rings. The molecule has 1 aliphatic carbocycles. The van der Waals surface area contributed by atoms with Crippen LogP contribution in [0.4, 0.5) is 0 Å². The van der Waals surface area contributed by atoms with Gasteiger partial charge in [-0.05, 0) is 60.3 Å². The van der Waals surface area contributed by atoms with E-state index >= 15 is 0 Å². The van der Waals surface area contributed by atoms with E-state index in [9.17, 15) is 9.90 Å². The maximum atomic E-state index is 11.4. The van der Waals surface area contributed by atoms with Gasteiger partial charge in [-0.15, -0.1) is 0 Å². The van der Waals surface area contributed by atoms with E-state index in [1.165, 1.54) is 0 Å². The van der Waals surface area contributed by atoms with E-state index in [1.807, 2.05) is 6.92 Å². The van der Waals surface area contributed by atoms with Crippen molar-refractivity contribution >= 4 is 5.97 Å². The summed E-state index contributed by atoms with van der Waals surface area (Å²) in [5.41, 5.74) is -0.760. The first-order chi connectivity index (χ1) is 8.83. The maximum Gasteiger partial charge on any atom is 0.323 e. The Balaban J connectivity index is 2.25. The van der Waals surface area contributed by atoms with Crippen LogP contribution in [0.15, 0.2) is 0 Å². The molecule has 5 heteroatoms. The van der Waals surface area contributed by atoms with Crippen LogP contribution >= 0.6 is 0 Å². The second kappa shape index (κ2) is 7.22. The van der Waals surface area contributed by atoms with Crippen molar-refractivity contribution in [3.05, 3.63) is 0 Å². The lowest BCUT2D eigenvalue weighted by molar-refractivity contribution is -0.144. The number of carbonyl (C=O) groups is 1. The average molecular weight is 271 g/mol. The Hall–Kier alpha value is -0.650. The summed E-state index contributed by atoms with van der Waals surface area (Å²) in [6.45, 7) is 4.82. The van der Waals surface area contributed by atoms with Gasteiger partial charge in [0.25, 0.3) is 0 Å². The number of nitrogens with one attached hydrogen (secondary N) is 1. The van der Waals surface area contributed by atoms with Crippen LogP contribution in [0.5, 0.6) is 0 Å². The smallest absolute Gasteiger partial charge is 0.323 e. The number of hydrogen-bond donors (Lipinski definition) is 2. The Morgan fingerprint density at radius 1 is 1.26 bits per heavy atom. The van der Waals surface area contributed by atoms with Gasteiger partial charge in [-0.3, -0.25) is 10.1 Å². The fourth-order valence-electron chi connectivity index (χ4n) is 2.10. The zero-order valence-corrected chi connectivity index (χ0v) is 12.8. The molecule has 2 N–H and O–H groups in total. The fraction of sp³-hybridized carbons (Fsp3) is 0.929. The molecular weight excluding hydrogens is 242 g/mol. The highest BCUT2D eigenvalue weighted by molar-refractivity contribution is 5.78. The van der Waals surface area contributed by atoms with Gasteiger partial charge in [0.15, 0.2) is 0 Å². The highest BCUT2D eigenvalue weighted by Crippen LogP contribution is 2.25. The number of aliphatic carboxylic acids is 1. The third kappa shape index (κ3) is 6.36. The highest BCUT2D eigenvalue weighted by Gasteiger charge is 2.37. The maximum absolute atomic E-state index is 11.4. The molecule has 1 rings (SSSR count). The normalized spacial score (nSPS) is 18.8. The van der Waals surface area contributed by atoms with Crippen molar-refractivity contribution in [2.24, 2.45) is 0 Å². The summed E-state index contributed by atoms with van der Waals surface area (Å²) in [5.74, 6) is -0.727. The summed E-state index contributed by atoms with van der Waals surface area (Å²) < 4.78 is 0. The average Bonchev–Trinajstić information content (AvgIpc) is 3.10. The highest BCUT2D eigenvalue weighted by atomic mass is 16.4. The van der Waals surface area contributed by atoms with Crippen LogP contribution in [0.2, 0.25) is 0 Å². The van der Waals surface area contributed by atoms with Crippen LogP contribution < -0.4 is 5.32 Å². The summed E-state index contributed by atoms with van der Waals surface area (Å²) in [6.07, 6.45) is 3.83. The monoisotopic (exact) mass is 271 g/mol. The molecule has 1 unspecified atom stereocenters. The van der Waals surface area contributed by atoms with E-state index in [1.54, 1.807) is 0 Å². The molecule has 5 nitrogen and oxygen atoms in total. The van der Waals surface area contributed by atoms with E-state index in [0.29, 0.717) is 12.5 Å². The zero-order chi connectivity index (χ0) is 14.5. The van der Waals surface area contributed by atoms with E-state index in [4.69, 9.17) is 0 Å². The number of carboxylic acid groups (broad SMARTS) is 1. The summed E-state index contributed by atoms with van der Waals surface area (Å²) in [7, 11) is 6.22. The lowest BCUT2D eigenvalue weighted by atomic mass is 9.95. The molecule has 1 fully saturated rings. The molecule has 0 spiro atoms. The van der Waals surface area contributed by atoms with Crippen LogP contribution in [0, 0.1) is 0 Å². The molecule has 0 aromatic heterocycles. The van der Waals surface area contributed by atoms with Crippen LogP contribution in [0.1, 0.15) is 32.6 Å². The van der Waals surface area contributed by atoms with Gasteiger partial charge in [0.1, 0.15) is 5.54 Å². The first kappa shape index (κ1) is 16.4. The lowest BCUT2D eigenvalue weighted by Crippen LogP contribution is -2.50. The van der Waals surface area contributed by atoms with Gasteiger partial charge in [-0.1, -0.05) is 0 Å². The molecule has 0 amide bonds. The van der Waals surface area contributed by atoms with Crippen molar-refractivity contribution in [2.75, 3.05) is 40.8 Å². The van der Waals surface area contributed by atoms with Crippen LogP contribution in [-0.4, -0.2) is 73.2 Å². The first-order valence-corrected chi connectivity index (χ1v) is 7.18. The van der Waals surface area contributed by atoms with Crippen molar-refractivity contribution in [1.29, 1.82) is 0 Å². The van der Waals surface area contributed by atoms with Crippen molar-refractivity contribution in [2.45, 2.75) is 44.2 Å². The van der Waals surface area contributed by atoms with Crippen molar-refractivity contribution in [1.82, 2.24) is 15.1 Å². The standard InChI is InChI=1S/C14H29N3O2/c1-14(13(18)19,15-12-6-7-12)8-5-9-17(4)11-10-16(2)3/h12,15H,5-11H2,1-4H3,(H,18,19). The number of nitrogens with zero attached hydrogens (tertiary/aromatic N) is 2. The third-order valence-corrected chi connectivity index (χ3v) is 3.72. The Kier molecular flexibility index (Phi) is 6.23. The van der Waals surface area contributed by atoms with Gasteiger partial charge in [-0.25, -0.2) is 0 Å². The molecule has 1 saturated carbocycles. The number of likely N-dealkylation sites (N-methyl/N-ethyl adjacent to an activating group) is 2. The van der Waals surface area contributed by atoms with Crippen LogP contribution in [0.3, 0.4) is 0 Å². The van der Waals surface area contributed by atoms with Gasteiger partial charge >= 0.3 is 5.97 Å². The van der Waals surface area contributed by atoms with Gasteiger partial charge in [-0.2, -0.15) is 0 Å². The largest absolute Gasteiger partial charge is 0.480 e. The predicted octanol–water partition coefficient (Wildman–Crippen LogP) is 0.855. The molecule has 19 heavy (non-hydrogen) atoms.